The summed E-state index contributed by atoms with van der Waals surface area (Å²) in [6.45, 7) is 0.143. The van der Waals surface area contributed by atoms with E-state index in [1.165, 1.54) is 0 Å². The van der Waals surface area contributed by atoms with Gasteiger partial charge in [0.2, 0.25) is 0 Å². The topological polar surface area (TPSA) is 98.9 Å². The molecule has 16 heavy (non-hydrogen) atoms. The first-order valence-electron chi connectivity index (χ1n) is 4.73. The van der Waals surface area contributed by atoms with Gasteiger partial charge in [-0.1, -0.05) is 5.92 Å². The molecule has 0 saturated carbocycles. The van der Waals surface area contributed by atoms with E-state index in [4.69, 9.17) is 22.0 Å². The maximum atomic E-state index is 10.9. The van der Waals surface area contributed by atoms with E-state index in [1.54, 1.807) is 0 Å². The quantitative estimate of drug-likeness (QED) is 0.326. The molecule has 0 rings (SSSR count). The van der Waals surface area contributed by atoms with Crippen LogP contribution in [0.25, 0.3) is 0 Å². The molecule has 0 saturated heterocycles. The van der Waals surface area contributed by atoms with Gasteiger partial charge in [0.15, 0.2) is 6.61 Å². The summed E-state index contributed by atoms with van der Waals surface area (Å²) in [5.74, 6) is 0.655. The van der Waals surface area contributed by atoms with Gasteiger partial charge < -0.3 is 20.3 Å². The number of carboxylic acids is 1. The van der Waals surface area contributed by atoms with Gasteiger partial charge in [-0.2, -0.15) is 0 Å². The molecule has 0 aliphatic rings. The molecular formula is C10H15NO5. The molecule has 0 aliphatic heterocycles. The van der Waals surface area contributed by atoms with Crippen LogP contribution in [-0.2, 0) is 19.1 Å². The van der Waals surface area contributed by atoms with Crippen molar-refractivity contribution in [1.29, 1.82) is 0 Å². The van der Waals surface area contributed by atoms with Crippen LogP contribution in [0.1, 0.15) is 12.8 Å². The van der Waals surface area contributed by atoms with Gasteiger partial charge in [0.1, 0.15) is 6.04 Å². The molecule has 1 atom stereocenters. The van der Waals surface area contributed by atoms with E-state index in [0.29, 0.717) is 6.42 Å². The molecule has 6 heteroatoms. The molecule has 0 aromatic carbocycles. The smallest absolute Gasteiger partial charge is 0.322 e. The molecule has 6 nitrogen and oxygen atoms in total. The lowest BCUT2D eigenvalue weighted by molar-refractivity contribution is -0.143. The molecule has 0 bridgehead atoms. The Morgan fingerprint density at radius 2 is 2.19 bits per heavy atom. The van der Waals surface area contributed by atoms with Crippen molar-refractivity contribution < 1.29 is 24.2 Å². The summed E-state index contributed by atoms with van der Waals surface area (Å²) in [5.41, 5.74) is 5.19. The van der Waals surface area contributed by atoms with Crippen LogP contribution >= 0.6 is 0 Å². The standard InChI is InChI=1S/C10H15NO5/c1-2-5-16-9(12)4-3-6-15-7-8(11)10(13)14/h1,8H,3-7,11H2,(H,13,14)/t8-/m0/s1. The van der Waals surface area contributed by atoms with Crippen molar-refractivity contribution in [3.05, 3.63) is 0 Å². The average Bonchev–Trinajstić information content (AvgIpc) is 2.25. The normalized spacial score (nSPS) is 11.5. The second kappa shape index (κ2) is 8.71. The third-order valence-electron chi connectivity index (χ3n) is 1.60. The molecule has 90 valence electrons. The van der Waals surface area contributed by atoms with Gasteiger partial charge in [-0.05, 0) is 6.42 Å². The van der Waals surface area contributed by atoms with Gasteiger partial charge in [-0.3, -0.25) is 9.59 Å². The Labute approximate surface area is 93.7 Å². The summed E-state index contributed by atoms with van der Waals surface area (Å²) in [5, 5.41) is 8.43. The van der Waals surface area contributed by atoms with Crippen molar-refractivity contribution in [1.82, 2.24) is 0 Å². The number of carbonyl (C=O) groups excluding carboxylic acids is 1. The zero-order chi connectivity index (χ0) is 12.4. The molecule has 0 aliphatic carbocycles. The van der Waals surface area contributed by atoms with E-state index < -0.39 is 18.0 Å². The number of hydrogen-bond acceptors (Lipinski definition) is 5. The number of ether oxygens (including phenoxy) is 2. The van der Waals surface area contributed by atoms with Gasteiger partial charge in [-0.15, -0.1) is 6.42 Å². The molecular weight excluding hydrogens is 214 g/mol. The highest BCUT2D eigenvalue weighted by Crippen LogP contribution is 1.94. The molecule has 0 aromatic heterocycles. The summed E-state index contributed by atoms with van der Waals surface area (Å²) in [7, 11) is 0. The third kappa shape index (κ3) is 7.79. The van der Waals surface area contributed by atoms with E-state index in [-0.39, 0.29) is 26.2 Å². The fourth-order valence-electron chi connectivity index (χ4n) is 0.794. The van der Waals surface area contributed by atoms with E-state index >= 15 is 0 Å². The SMILES string of the molecule is C#CCOC(=O)CCCOC[C@H](N)C(=O)O. The molecule has 0 spiro atoms. The highest BCUT2D eigenvalue weighted by atomic mass is 16.5. The van der Waals surface area contributed by atoms with Crippen LogP contribution in [0.2, 0.25) is 0 Å². The van der Waals surface area contributed by atoms with Crippen LogP contribution in [0.4, 0.5) is 0 Å². The highest BCUT2D eigenvalue weighted by molar-refractivity contribution is 5.73. The maximum Gasteiger partial charge on any atom is 0.322 e. The van der Waals surface area contributed by atoms with Crippen molar-refractivity contribution in [2.45, 2.75) is 18.9 Å². The van der Waals surface area contributed by atoms with Crippen molar-refractivity contribution in [3.8, 4) is 12.3 Å². The molecule has 0 fully saturated rings. The number of terminal acetylenes is 1. The maximum absolute atomic E-state index is 10.9. The van der Waals surface area contributed by atoms with Crippen LogP contribution in [0.15, 0.2) is 0 Å². The lowest BCUT2D eigenvalue weighted by Gasteiger charge is -2.07. The summed E-state index contributed by atoms with van der Waals surface area (Å²) >= 11 is 0. The number of esters is 1. The second-order valence-corrected chi connectivity index (χ2v) is 2.99. The highest BCUT2D eigenvalue weighted by Gasteiger charge is 2.10. The van der Waals surface area contributed by atoms with Gasteiger partial charge in [0.05, 0.1) is 6.61 Å². The molecule has 0 unspecified atom stereocenters. The minimum atomic E-state index is -1.12. The van der Waals surface area contributed by atoms with E-state index in [0.717, 1.165) is 0 Å². The Morgan fingerprint density at radius 3 is 2.75 bits per heavy atom. The number of carbonyl (C=O) groups is 2. The fourth-order valence-corrected chi connectivity index (χ4v) is 0.794. The lowest BCUT2D eigenvalue weighted by atomic mass is 10.3. The van der Waals surface area contributed by atoms with E-state index in [2.05, 4.69) is 10.7 Å². The monoisotopic (exact) mass is 229 g/mol. The predicted octanol–water partition coefficient (Wildman–Crippen LogP) is -0.628. The first kappa shape index (κ1) is 14.4. The largest absolute Gasteiger partial charge is 0.480 e. The first-order chi connectivity index (χ1) is 7.57. The van der Waals surface area contributed by atoms with Crippen LogP contribution in [-0.4, -0.2) is 42.9 Å². The second-order valence-electron chi connectivity index (χ2n) is 2.99. The molecule has 0 heterocycles. The Morgan fingerprint density at radius 1 is 1.50 bits per heavy atom. The minimum absolute atomic E-state index is 0.0381. The minimum Gasteiger partial charge on any atom is -0.480 e. The number of nitrogens with two attached hydrogens (primary N) is 1. The van der Waals surface area contributed by atoms with Crippen LogP contribution in [0.5, 0.6) is 0 Å². The van der Waals surface area contributed by atoms with Gasteiger partial charge in [0.25, 0.3) is 0 Å². The zero-order valence-corrected chi connectivity index (χ0v) is 8.85. The first-order valence-corrected chi connectivity index (χ1v) is 4.73. The van der Waals surface area contributed by atoms with Crippen LogP contribution < -0.4 is 5.73 Å². The number of rotatable bonds is 8. The van der Waals surface area contributed by atoms with Crippen molar-refractivity contribution in [2.24, 2.45) is 5.73 Å². The Bertz CT molecular complexity index is 271. The molecule has 0 aromatic rings. The predicted molar refractivity (Wildman–Crippen MR) is 55.5 cm³/mol. The Hall–Kier alpha value is -1.58. The number of carboxylic acid groups (broad SMARTS) is 1. The van der Waals surface area contributed by atoms with Gasteiger partial charge in [-0.25, -0.2) is 0 Å². The molecule has 3 N–H and O–H groups in total. The van der Waals surface area contributed by atoms with Crippen LogP contribution in [0, 0.1) is 12.3 Å². The number of aliphatic carboxylic acids is 1. The Balaban J connectivity index is 3.37. The van der Waals surface area contributed by atoms with Crippen molar-refractivity contribution in [3.63, 3.8) is 0 Å². The lowest BCUT2D eigenvalue weighted by Crippen LogP contribution is -2.35. The van der Waals surface area contributed by atoms with Crippen molar-refractivity contribution in [2.75, 3.05) is 19.8 Å². The summed E-state index contributed by atoms with van der Waals surface area (Å²) < 4.78 is 9.57. The Kier molecular flexibility index (Phi) is 7.85. The fraction of sp³-hybridized carbons (Fsp3) is 0.600. The van der Waals surface area contributed by atoms with Crippen LogP contribution in [0.3, 0.4) is 0 Å². The van der Waals surface area contributed by atoms with Gasteiger partial charge in [0, 0.05) is 13.0 Å². The number of hydrogen-bond donors (Lipinski definition) is 2. The summed E-state index contributed by atoms with van der Waals surface area (Å²) in [6.07, 6.45) is 5.52. The molecule has 0 radical (unpaired) electrons. The van der Waals surface area contributed by atoms with Crippen molar-refractivity contribution >= 4 is 11.9 Å². The van der Waals surface area contributed by atoms with E-state index in [9.17, 15) is 9.59 Å². The van der Waals surface area contributed by atoms with Gasteiger partial charge >= 0.3 is 11.9 Å². The average molecular weight is 229 g/mol. The van der Waals surface area contributed by atoms with E-state index in [1.807, 2.05) is 0 Å². The zero-order valence-electron chi connectivity index (χ0n) is 8.85. The summed E-state index contributed by atoms with van der Waals surface area (Å²) in [4.78, 5) is 21.2. The molecule has 0 amide bonds. The summed E-state index contributed by atoms with van der Waals surface area (Å²) in [6, 6.07) is -1.03. The third-order valence-corrected chi connectivity index (χ3v) is 1.60.